The van der Waals surface area contributed by atoms with Crippen molar-refractivity contribution in [3.8, 4) is 0 Å². The molecule has 0 saturated carbocycles. The fourth-order valence-electron chi connectivity index (χ4n) is 2.53. The van der Waals surface area contributed by atoms with Crippen molar-refractivity contribution in [2.24, 2.45) is 0 Å². The highest BCUT2D eigenvalue weighted by molar-refractivity contribution is 5.98. The van der Waals surface area contributed by atoms with Gasteiger partial charge < -0.3 is 10.2 Å². The van der Waals surface area contributed by atoms with E-state index >= 15 is 0 Å². The van der Waals surface area contributed by atoms with Gasteiger partial charge in [0.25, 0.3) is 5.91 Å². The van der Waals surface area contributed by atoms with Crippen molar-refractivity contribution < 1.29 is 9.59 Å². The molecule has 0 aliphatic carbocycles. The molecule has 20 heavy (non-hydrogen) atoms. The van der Waals surface area contributed by atoms with Gasteiger partial charge in [-0.15, -0.1) is 0 Å². The third-order valence-corrected chi connectivity index (χ3v) is 3.55. The van der Waals surface area contributed by atoms with Crippen molar-refractivity contribution in [1.82, 2.24) is 10.2 Å². The van der Waals surface area contributed by atoms with Gasteiger partial charge in [0.1, 0.15) is 6.04 Å². The van der Waals surface area contributed by atoms with Crippen LogP contribution in [0.1, 0.15) is 42.6 Å². The molecule has 1 unspecified atom stereocenters. The molecule has 1 heterocycles. The van der Waals surface area contributed by atoms with Crippen molar-refractivity contribution in [3.63, 3.8) is 0 Å². The standard InChI is InChI=1S/C16H22N2O2/c1-11(2)17-15(19)14-5-4-10-18(14)16(20)13-8-6-12(3)7-9-13/h6-9,11,14H,4-5,10H2,1-3H3,(H,17,19). The van der Waals surface area contributed by atoms with Crippen LogP contribution < -0.4 is 5.32 Å². The molecule has 1 fully saturated rings. The molecule has 2 rings (SSSR count). The van der Waals surface area contributed by atoms with Gasteiger partial charge in [-0.25, -0.2) is 0 Å². The Morgan fingerprint density at radius 2 is 1.90 bits per heavy atom. The number of nitrogens with zero attached hydrogens (tertiary/aromatic N) is 1. The Labute approximate surface area is 120 Å². The first-order chi connectivity index (χ1) is 9.49. The van der Waals surface area contributed by atoms with Crippen LogP contribution in [0.25, 0.3) is 0 Å². The van der Waals surface area contributed by atoms with E-state index in [0.29, 0.717) is 12.1 Å². The van der Waals surface area contributed by atoms with Gasteiger partial charge in [0.05, 0.1) is 0 Å². The number of hydrogen-bond acceptors (Lipinski definition) is 2. The van der Waals surface area contributed by atoms with Crippen LogP contribution >= 0.6 is 0 Å². The maximum atomic E-state index is 12.5. The lowest BCUT2D eigenvalue weighted by molar-refractivity contribution is -0.125. The summed E-state index contributed by atoms with van der Waals surface area (Å²) in [5, 5.41) is 2.90. The molecule has 1 aliphatic rings. The first-order valence-electron chi connectivity index (χ1n) is 7.17. The zero-order valence-electron chi connectivity index (χ0n) is 12.3. The highest BCUT2D eigenvalue weighted by Crippen LogP contribution is 2.20. The summed E-state index contributed by atoms with van der Waals surface area (Å²) >= 11 is 0. The summed E-state index contributed by atoms with van der Waals surface area (Å²) in [6.07, 6.45) is 1.63. The number of amides is 2. The number of likely N-dealkylation sites (tertiary alicyclic amines) is 1. The van der Waals surface area contributed by atoms with E-state index in [1.807, 2.05) is 45.0 Å². The molecule has 2 amide bonds. The zero-order chi connectivity index (χ0) is 14.7. The minimum atomic E-state index is -0.328. The van der Waals surface area contributed by atoms with Gasteiger partial charge in [-0.3, -0.25) is 9.59 Å². The normalized spacial score (nSPS) is 18.4. The molecule has 0 spiro atoms. The van der Waals surface area contributed by atoms with Crippen LogP contribution in [0.5, 0.6) is 0 Å². The summed E-state index contributed by atoms with van der Waals surface area (Å²) in [5.41, 5.74) is 1.77. The first-order valence-corrected chi connectivity index (χ1v) is 7.17. The first kappa shape index (κ1) is 14.6. The summed E-state index contributed by atoms with van der Waals surface area (Å²) in [6.45, 7) is 6.50. The fourth-order valence-corrected chi connectivity index (χ4v) is 2.53. The molecule has 1 saturated heterocycles. The van der Waals surface area contributed by atoms with E-state index in [9.17, 15) is 9.59 Å². The number of benzene rings is 1. The molecule has 0 radical (unpaired) electrons. The number of carbonyl (C=O) groups excluding carboxylic acids is 2. The average molecular weight is 274 g/mol. The Kier molecular flexibility index (Phi) is 4.42. The van der Waals surface area contributed by atoms with Crippen LogP contribution in [0.4, 0.5) is 0 Å². The third kappa shape index (κ3) is 3.18. The van der Waals surface area contributed by atoms with Gasteiger partial charge in [0.2, 0.25) is 5.91 Å². The molecule has 4 nitrogen and oxygen atoms in total. The van der Waals surface area contributed by atoms with Crippen LogP contribution in [0.15, 0.2) is 24.3 Å². The molecular weight excluding hydrogens is 252 g/mol. The van der Waals surface area contributed by atoms with E-state index in [2.05, 4.69) is 5.32 Å². The van der Waals surface area contributed by atoms with Gasteiger partial charge in [-0.05, 0) is 45.7 Å². The van der Waals surface area contributed by atoms with Crippen LogP contribution in [0.2, 0.25) is 0 Å². The monoisotopic (exact) mass is 274 g/mol. The smallest absolute Gasteiger partial charge is 0.254 e. The average Bonchev–Trinajstić information content (AvgIpc) is 2.87. The van der Waals surface area contributed by atoms with Crippen molar-refractivity contribution >= 4 is 11.8 Å². The van der Waals surface area contributed by atoms with E-state index in [-0.39, 0.29) is 23.9 Å². The van der Waals surface area contributed by atoms with Gasteiger partial charge in [0, 0.05) is 18.2 Å². The largest absolute Gasteiger partial charge is 0.352 e. The number of nitrogens with one attached hydrogen (secondary N) is 1. The van der Waals surface area contributed by atoms with E-state index in [1.165, 1.54) is 0 Å². The predicted molar refractivity (Wildman–Crippen MR) is 78.5 cm³/mol. The van der Waals surface area contributed by atoms with E-state index < -0.39 is 0 Å². The second-order valence-corrected chi connectivity index (χ2v) is 5.69. The van der Waals surface area contributed by atoms with E-state index in [1.54, 1.807) is 4.90 Å². The lowest BCUT2D eigenvalue weighted by Gasteiger charge is -2.25. The second-order valence-electron chi connectivity index (χ2n) is 5.69. The summed E-state index contributed by atoms with van der Waals surface area (Å²) in [4.78, 5) is 26.4. The number of hydrogen-bond donors (Lipinski definition) is 1. The predicted octanol–water partition coefficient (Wildman–Crippen LogP) is 2.12. The van der Waals surface area contributed by atoms with Crippen molar-refractivity contribution in [3.05, 3.63) is 35.4 Å². The number of rotatable bonds is 3. The van der Waals surface area contributed by atoms with Gasteiger partial charge in [-0.2, -0.15) is 0 Å². The molecule has 1 atom stereocenters. The number of aryl methyl sites for hydroxylation is 1. The van der Waals surface area contributed by atoms with Crippen molar-refractivity contribution in [2.45, 2.75) is 45.7 Å². The fraction of sp³-hybridized carbons (Fsp3) is 0.500. The molecule has 0 bridgehead atoms. The quantitative estimate of drug-likeness (QED) is 0.918. The Hall–Kier alpha value is -1.84. The lowest BCUT2D eigenvalue weighted by Crippen LogP contribution is -2.47. The van der Waals surface area contributed by atoms with Gasteiger partial charge in [-0.1, -0.05) is 17.7 Å². The van der Waals surface area contributed by atoms with Crippen LogP contribution in [0.3, 0.4) is 0 Å². The number of carbonyl (C=O) groups is 2. The van der Waals surface area contributed by atoms with Crippen LogP contribution in [0, 0.1) is 6.92 Å². The molecular formula is C16H22N2O2. The maximum absolute atomic E-state index is 12.5. The summed E-state index contributed by atoms with van der Waals surface area (Å²) < 4.78 is 0. The van der Waals surface area contributed by atoms with E-state index in [4.69, 9.17) is 0 Å². The molecule has 1 aliphatic heterocycles. The Morgan fingerprint density at radius 3 is 2.50 bits per heavy atom. The molecule has 1 aromatic rings. The molecule has 1 aromatic carbocycles. The van der Waals surface area contributed by atoms with Gasteiger partial charge in [0.15, 0.2) is 0 Å². The topological polar surface area (TPSA) is 49.4 Å². The van der Waals surface area contributed by atoms with Gasteiger partial charge >= 0.3 is 0 Å². The third-order valence-electron chi connectivity index (χ3n) is 3.55. The lowest BCUT2D eigenvalue weighted by atomic mass is 10.1. The highest BCUT2D eigenvalue weighted by atomic mass is 16.2. The van der Waals surface area contributed by atoms with Crippen molar-refractivity contribution in [2.75, 3.05) is 6.54 Å². The summed E-state index contributed by atoms with van der Waals surface area (Å²) in [7, 11) is 0. The van der Waals surface area contributed by atoms with Crippen molar-refractivity contribution in [1.29, 1.82) is 0 Å². The zero-order valence-corrected chi connectivity index (χ0v) is 12.3. The molecule has 0 aromatic heterocycles. The van der Waals surface area contributed by atoms with E-state index in [0.717, 1.165) is 18.4 Å². The Morgan fingerprint density at radius 1 is 1.25 bits per heavy atom. The Balaban J connectivity index is 2.12. The summed E-state index contributed by atoms with van der Waals surface area (Å²) in [5.74, 6) is -0.0932. The Bertz CT molecular complexity index is 494. The molecule has 4 heteroatoms. The highest BCUT2D eigenvalue weighted by Gasteiger charge is 2.34. The second kappa shape index (κ2) is 6.07. The minimum Gasteiger partial charge on any atom is -0.352 e. The minimum absolute atomic E-state index is 0.0436. The maximum Gasteiger partial charge on any atom is 0.254 e. The molecule has 108 valence electrons. The van der Waals surface area contributed by atoms with Crippen LogP contribution in [-0.2, 0) is 4.79 Å². The SMILES string of the molecule is Cc1ccc(C(=O)N2CCCC2C(=O)NC(C)C)cc1. The van der Waals surface area contributed by atoms with Crippen LogP contribution in [-0.4, -0.2) is 35.3 Å². The summed E-state index contributed by atoms with van der Waals surface area (Å²) in [6, 6.07) is 7.27. The molecule has 1 N–H and O–H groups in total.